The number of nitrogens with zero attached hydrogens (tertiary/aromatic N) is 1. The minimum absolute atomic E-state index is 0.509. The van der Waals surface area contributed by atoms with Crippen LogP contribution in [-0.4, -0.2) is 25.0 Å². The average molecular weight is 196 g/mol. The van der Waals surface area contributed by atoms with Crippen LogP contribution in [0.2, 0.25) is 0 Å². The summed E-state index contributed by atoms with van der Waals surface area (Å²) in [6.07, 6.45) is 6.67. The SMILES string of the molecule is COC1CCC(C2CC(C)=NN2)CC1. The summed E-state index contributed by atoms with van der Waals surface area (Å²) in [6.45, 7) is 2.10. The van der Waals surface area contributed by atoms with Crippen molar-refractivity contribution >= 4 is 5.71 Å². The summed E-state index contributed by atoms with van der Waals surface area (Å²) < 4.78 is 5.37. The maximum atomic E-state index is 5.37. The van der Waals surface area contributed by atoms with Crippen molar-refractivity contribution in [2.24, 2.45) is 11.0 Å². The first-order valence-corrected chi connectivity index (χ1v) is 5.61. The Balaban J connectivity index is 1.79. The second kappa shape index (κ2) is 4.30. The van der Waals surface area contributed by atoms with Crippen molar-refractivity contribution in [3.05, 3.63) is 0 Å². The third-order valence-corrected chi connectivity index (χ3v) is 3.56. The van der Waals surface area contributed by atoms with Gasteiger partial charge in [-0.3, -0.25) is 0 Å². The van der Waals surface area contributed by atoms with E-state index in [-0.39, 0.29) is 0 Å². The van der Waals surface area contributed by atoms with Gasteiger partial charge in [0.1, 0.15) is 0 Å². The number of methoxy groups -OCH3 is 1. The van der Waals surface area contributed by atoms with Crippen molar-refractivity contribution in [3.8, 4) is 0 Å². The predicted molar refractivity (Wildman–Crippen MR) is 57.4 cm³/mol. The molecule has 0 spiro atoms. The van der Waals surface area contributed by atoms with E-state index in [9.17, 15) is 0 Å². The summed E-state index contributed by atoms with van der Waals surface area (Å²) in [7, 11) is 1.83. The number of hydrogen-bond donors (Lipinski definition) is 1. The van der Waals surface area contributed by atoms with Gasteiger partial charge >= 0.3 is 0 Å². The zero-order valence-corrected chi connectivity index (χ0v) is 9.12. The lowest BCUT2D eigenvalue weighted by Crippen LogP contribution is -2.34. The van der Waals surface area contributed by atoms with Gasteiger partial charge in [-0.1, -0.05) is 0 Å². The van der Waals surface area contributed by atoms with E-state index in [1.54, 1.807) is 0 Å². The molecule has 1 atom stereocenters. The standard InChI is InChI=1S/C11H20N2O/c1-8-7-11(13-12-8)9-3-5-10(14-2)6-4-9/h9-11,13H,3-7H2,1-2H3. The van der Waals surface area contributed by atoms with Gasteiger partial charge in [-0.05, 0) is 38.5 Å². The van der Waals surface area contributed by atoms with Crippen LogP contribution in [-0.2, 0) is 4.74 Å². The van der Waals surface area contributed by atoms with E-state index in [0.29, 0.717) is 12.1 Å². The van der Waals surface area contributed by atoms with Gasteiger partial charge in [-0.25, -0.2) is 0 Å². The van der Waals surface area contributed by atoms with E-state index in [4.69, 9.17) is 4.74 Å². The highest BCUT2D eigenvalue weighted by molar-refractivity contribution is 5.83. The molecule has 80 valence electrons. The first-order valence-electron chi connectivity index (χ1n) is 5.61. The van der Waals surface area contributed by atoms with Crippen molar-refractivity contribution in [3.63, 3.8) is 0 Å². The van der Waals surface area contributed by atoms with Crippen LogP contribution in [0.5, 0.6) is 0 Å². The summed E-state index contributed by atoms with van der Waals surface area (Å²) in [5.41, 5.74) is 4.51. The minimum Gasteiger partial charge on any atom is -0.381 e. The number of rotatable bonds is 2. The molecule has 1 unspecified atom stereocenters. The Morgan fingerprint density at radius 1 is 1.29 bits per heavy atom. The lowest BCUT2D eigenvalue weighted by atomic mass is 9.81. The van der Waals surface area contributed by atoms with Crippen LogP contribution >= 0.6 is 0 Å². The Morgan fingerprint density at radius 2 is 2.00 bits per heavy atom. The average Bonchev–Trinajstić information content (AvgIpc) is 2.65. The molecule has 0 amide bonds. The van der Waals surface area contributed by atoms with Gasteiger partial charge in [-0.15, -0.1) is 0 Å². The van der Waals surface area contributed by atoms with Crippen LogP contribution in [0.15, 0.2) is 5.10 Å². The van der Waals surface area contributed by atoms with Crippen molar-refractivity contribution in [1.82, 2.24) is 5.43 Å². The van der Waals surface area contributed by atoms with Crippen molar-refractivity contribution in [2.45, 2.75) is 51.2 Å². The molecule has 1 aliphatic carbocycles. The Kier molecular flexibility index (Phi) is 3.06. The Labute approximate surface area is 85.9 Å². The van der Waals surface area contributed by atoms with E-state index in [2.05, 4.69) is 17.5 Å². The van der Waals surface area contributed by atoms with Crippen molar-refractivity contribution in [2.75, 3.05) is 7.11 Å². The highest BCUT2D eigenvalue weighted by atomic mass is 16.5. The van der Waals surface area contributed by atoms with Crippen LogP contribution < -0.4 is 5.43 Å². The first-order chi connectivity index (χ1) is 6.79. The van der Waals surface area contributed by atoms with Gasteiger partial charge < -0.3 is 10.2 Å². The molecule has 0 aromatic rings. The van der Waals surface area contributed by atoms with E-state index in [1.165, 1.54) is 31.4 Å². The Morgan fingerprint density at radius 3 is 2.50 bits per heavy atom. The normalized spacial score (nSPS) is 37.9. The molecule has 1 fully saturated rings. The second-order valence-electron chi connectivity index (χ2n) is 4.56. The number of hydrogen-bond acceptors (Lipinski definition) is 3. The molecule has 14 heavy (non-hydrogen) atoms. The quantitative estimate of drug-likeness (QED) is 0.732. The topological polar surface area (TPSA) is 33.6 Å². The Hall–Kier alpha value is -0.570. The third-order valence-electron chi connectivity index (χ3n) is 3.56. The van der Waals surface area contributed by atoms with Gasteiger partial charge in [0, 0.05) is 19.2 Å². The molecule has 3 nitrogen and oxygen atoms in total. The van der Waals surface area contributed by atoms with Gasteiger partial charge in [0.15, 0.2) is 0 Å². The summed E-state index contributed by atoms with van der Waals surface area (Å²) in [5, 5.41) is 4.27. The highest BCUT2D eigenvalue weighted by Gasteiger charge is 2.29. The summed E-state index contributed by atoms with van der Waals surface area (Å²) >= 11 is 0. The molecule has 2 rings (SSSR count). The largest absolute Gasteiger partial charge is 0.381 e. The number of hydrazone groups is 1. The van der Waals surface area contributed by atoms with Gasteiger partial charge in [0.2, 0.25) is 0 Å². The van der Waals surface area contributed by atoms with Gasteiger partial charge in [0.05, 0.1) is 12.1 Å². The number of ether oxygens (including phenoxy) is 1. The molecule has 1 N–H and O–H groups in total. The molecule has 2 aliphatic rings. The molecule has 0 saturated heterocycles. The molecule has 3 heteroatoms. The fourth-order valence-corrected chi connectivity index (χ4v) is 2.60. The smallest absolute Gasteiger partial charge is 0.0571 e. The molecule has 0 aromatic carbocycles. The van der Waals surface area contributed by atoms with Crippen molar-refractivity contribution < 1.29 is 4.74 Å². The molecular weight excluding hydrogens is 176 g/mol. The van der Waals surface area contributed by atoms with Crippen LogP contribution in [0.25, 0.3) is 0 Å². The van der Waals surface area contributed by atoms with Crippen LogP contribution in [0.3, 0.4) is 0 Å². The van der Waals surface area contributed by atoms with Gasteiger partial charge in [0.25, 0.3) is 0 Å². The Bertz CT molecular complexity index is 219. The lowest BCUT2D eigenvalue weighted by Gasteiger charge is -2.31. The molecule has 1 aliphatic heterocycles. The third kappa shape index (κ3) is 2.08. The van der Waals surface area contributed by atoms with Crippen molar-refractivity contribution in [1.29, 1.82) is 0 Å². The van der Waals surface area contributed by atoms with E-state index in [1.807, 2.05) is 7.11 Å². The van der Waals surface area contributed by atoms with Crippen LogP contribution in [0, 0.1) is 5.92 Å². The first kappa shape index (κ1) is 9.97. The molecule has 0 bridgehead atoms. The maximum Gasteiger partial charge on any atom is 0.0571 e. The van der Waals surface area contributed by atoms with E-state index < -0.39 is 0 Å². The monoisotopic (exact) mass is 196 g/mol. The zero-order valence-electron chi connectivity index (χ0n) is 9.12. The molecule has 0 aromatic heterocycles. The lowest BCUT2D eigenvalue weighted by molar-refractivity contribution is 0.0515. The van der Waals surface area contributed by atoms with E-state index >= 15 is 0 Å². The van der Waals surface area contributed by atoms with Gasteiger partial charge in [-0.2, -0.15) is 5.10 Å². The summed E-state index contributed by atoms with van der Waals surface area (Å²) in [4.78, 5) is 0. The van der Waals surface area contributed by atoms with Crippen LogP contribution in [0.4, 0.5) is 0 Å². The van der Waals surface area contributed by atoms with Crippen LogP contribution in [0.1, 0.15) is 39.0 Å². The fraction of sp³-hybridized carbons (Fsp3) is 0.909. The summed E-state index contributed by atoms with van der Waals surface area (Å²) in [6, 6.07) is 0.604. The molecule has 1 heterocycles. The summed E-state index contributed by atoms with van der Waals surface area (Å²) in [5.74, 6) is 0.808. The minimum atomic E-state index is 0.509. The molecular formula is C11H20N2O. The number of nitrogens with one attached hydrogen (secondary N) is 1. The predicted octanol–water partition coefficient (Wildman–Crippen LogP) is 1.93. The second-order valence-corrected chi connectivity index (χ2v) is 4.56. The molecule has 0 radical (unpaired) electrons. The van der Waals surface area contributed by atoms with E-state index in [0.717, 1.165) is 12.3 Å². The zero-order chi connectivity index (χ0) is 9.97. The maximum absolute atomic E-state index is 5.37. The fourth-order valence-electron chi connectivity index (χ4n) is 2.60. The highest BCUT2D eigenvalue weighted by Crippen LogP contribution is 2.30. The molecule has 1 saturated carbocycles.